The number of nitrogens with zero attached hydrogens (tertiary/aromatic N) is 1. The number of hydrogen-bond acceptors (Lipinski definition) is 11. The van der Waals surface area contributed by atoms with Crippen LogP contribution in [0.5, 0.6) is 0 Å². The predicted molar refractivity (Wildman–Crippen MR) is 222 cm³/mol. The Hall–Kier alpha value is -4.95. The Balaban J connectivity index is 1.56. The van der Waals surface area contributed by atoms with Gasteiger partial charge in [-0.1, -0.05) is 67.9 Å². The molecular weight excluding hydrogens is 762 g/mol. The summed E-state index contributed by atoms with van der Waals surface area (Å²) in [4.78, 5) is 96.3. The number of amides is 2. The number of nitrogens with one attached hydrogen (secondary N) is 2. The molecular formula is C44H56ClN5O8. The Kier molecular flexibility index (Phi) is 19.7. The number of hydrogen-bond donors (Lipinski definition) is 5. The van der Waals surface area contributed by atoms with E-state index in [4.69, 9.17) is 23.1 Å². The van der Waals surface area contributed by atoms with Crippen LogP contribution in [0.4, 0.5) is 0 Å². The average molecular weight is 818 g/mol. The summed E-state index contributed by atoms with van der Waals surface area (Å²) in [6, 6.07) is 17.2. The zero-order valence-corrected chi connectivity index (χ0v) is 34.2. The summed E-state index contributed by atoms with van der Waals surface area (Å²) in [7, 11) is 0. The lowest BCUT2D eigenvalue weighted by Gasteiger charge is -2.25. The summed E-state index contributed by atoms with van der Waals surface area (Å²) in [5.41, 5.74) is 14.5. The van der Waals surface area contributed by atoms with Gasteiger partial charge >= 0.3 is 0 Å². The van der Waals surface area contributed by atoms with E-state index in [0.29, 0.717) is 42.8 Å². The first-order valence-corrected chi connectivity index (χ1v) is 20.1. The van der Waals surface area contributed by atoms with E-state index in [2.05, 4.69) is 15.6 Å². The van der Waals surface area contributed by atoms with Crippen molar-refractivity contribution >= 4 is 52.3 Å². The zero-order chi connectivity index (χ0) is 42.8. The van der Waals surface area contributed by atoms with Gasteiger partial charge in [-0.3, -0.25) is 38.5 Å². The fourth-order valence-corrected chi connectivity index (χ4v) is 6.54. The Morgan fingerprint density at radius 3 is 1.97 bits per heavy atom. The molecule has 0 bridgehead atoms. The minimum Gasteiger partial charge on any atom is -0.391 e. The van der Waals surface area contributed by atoms with Crippen molar-refractivity contribution in [1.82, 2.24) is 15.6 Å². The molecule has 7 N–H and O–H groups in total. The Morgan fingerprint density at radius 1 is 0.741 bits per heavy atom. The van der Waals surface area contributed by atoms with Crippen molar-refractivity contribution in [3.05, 3.63) is 89.2 Å². The van der Waals surface area contributed by atoms with Gasteiger partial charge in [-0.15, -0.1) is 0 Å². The van der Waals surface area contributed by atoms with E-state index < -0.39 is 70.9 Å². The molecule has 14 heteroatoms. The molecule has 3 aromatic rings. The van der Waals surface area contributed by atoms with Crippen LogP contribution in [-0.2, 0) is 35.2 Å². The molecule has 3 rings (SSSR count). The van der Waals surface area contributed by atoms with Crippen LogP contribution in [0.2, 0.25) is 5.02 Å². The molecule has 6 atom stereocenters. The van der Waals surface area contributed by atoms with E-state index in [1.54, 1.807) is 48.7 Å². The molecule has 0 spiro atoms. The van der Waals surface area contributed by atoms with Crippen molar-refractivity contribution in [1.29, 1.82) is 0 Å². The number of Topliss-reactive ketones (excluding diaryl/α,β-unsaturated/α-hetero) is 5. The third-order valence-corrected chi connectivity index (χ3v) is 10.3. The van der Waals surface area contributed by atoms with Gasteiger partial charge in [0.2, 0.25) is 17.6 Å². The predicted octanol–water partition coefficient (Wildman–Crippen LogP) is 4.38. The highest BCUT2D eigenvalue weighted by molar-refractivity contribution is 6.38. The van der Waals surface area contributed by atoms with Gasteiger partial charge in [0, 0.05) is 66.5 Å². The second kappa shape index (κ2) is 24.1. The molecule has 1 heterocycles. The number of nitrogens with two attached hydrogens (primary N) is 2. The Bertz CT molecular complexity index is 1850. The van der Waals surface area contributed by atoms with Crippen LogP contribution in [0.3, 0.4) is 0 Å². The van der Waals surface area contributed by atoms with Crippen molar-refractivity contribution in [2.45, 2.75) is 96.7 Å². The smallest absolute Gasteiger partial charge is 0.225 e. The molecule has 0 fully saturated rings. The van der Waals surface area contributed by atoms with Crippen molar-refractivity contribution < 1.29 is 38.7 Å². The van der Waals surface area contributed by atoms with Gasteiger partial charge in [-0.25, -0.2) is 0 Å². The van der Waals surface area contributed by atoms with Gasteiger partial charge in [-0.2, -0.15) is 0 Å². The van der Waals surface area contributed by atoms with Gasteiger partial charge in [0.05, 0.1) is 18.1 Å². The summed E-state index contributed by atoms with van der Waals surface area (Å²) in [5.74, 6) is -6.83. The van der Waals surface area contributed by atoms with Gasteiger partial charge in [0.25, 0.3) is 0 Å². The Labute approximate surface area is 345 Å². The van der Waals surface area contributed by atoms with Crippen LogP contribution in [0, 0.1) is 17.8 Å². The lowest BCUT2D eigenvalue weighted by Crippen LogP contribution is -2.51. The molecule has 2 aromatic carbocycles. The number of aliphatic hydroxyl groups excluding tert-OH is 1. The van der Waals surface area contributed by atoms with Crippen molar-refractivity contribution in [3.63, 3.8) is 0 Å². The lowest BCUT2D eigenvalue weighted by molar-refractivity contribution is -0.140. The summed E-state index contributed by atoms with van der Waals surface area (Å²) in [5, 5.41) is 16.3. The average Bonchev–Trinajstić information content (AvgIpc) is 3.21. The highest BCUT2D eigenvalue weighted by Gasteiger charge is 2.33. The SMILES string of the molecule is C[C@H](CC(=O)[C@@H](NC(=O)[C@H](CN)CC(=O)c1ccc(-c2ccc(Cl)cc2)cc1)[C@@H](C)O)C(=O)N[C@@H](CCCCN)C(=O)C[C@@H](C)C(=O)C(=O)CCCc1ccccn1. The monoisotopic (exact) mass is 817 g/mol. The molecule has 0 aliphatic heterocycles. The van der Waals surface area contributed by atoms with Crippen LogP contribution in [0.25, 0.3) is 11.1 Å². The second-order valence-corrected chi connectivity index (χ2v) is 15.3. The first-order chi connectivity index (χ1) is 27.6. The van der Waals surface area contributed by atoms with Gasteiger partial charge in [0.1, 0.15) is 6.04 Å². The molecule has 2 amide bonds. The Morgan fingerprint density at radius 2 is 1.38 bits per heavy atom. The standard InChI is InChI=1S/C44H56ClN5O8/c1-27(42(56)37(52)12-8-10-35-9-5-7-22-48-35)23-39(54)36(11-4-6-21-46)49-43(57)28(2)24-40(55)41(29(3)51)50-44(58)33(26-47)25-38(53)32-15-13-30(14-16-32)31-17-19-34(45)20-18-31/h5,7,9,13-20,22,27-29,33,36,41,51H,4,6,8,10-12,21,23-26,46-47H2,1-3H3,(H,49,57)(H,50,58)/t27-,28-,29-,33+,36+,41+/m1/s1. The van der Waals surface area contributed by atoms with Gasteiger partial charge in [-0.05, 0) is 81.0 Å². The van der Waals surface area contributed by atoms with Crippen LogP contribution in [0.1, 0.15) is 88.2 Å². The molecule has 1 aromatic heterocycles. The minimum atomic E-state index is -1.40. The molecule has 0 saturated carbocycles. The largest absolute Gasteiger partial charge is 0.391 e. The molecule has 0 unspecified atom stereocenters. The number of halogens is 1. The van der Waals surface area contributed by atoms with E-state index >= 15 is 0 Å². The number of benzene rings is 2. The maximum atomic E-state index is 13.4. The number of unbranched alkanes of at least 4 members (excludes halogenated alkanes) is 1. The quantitative estimate of drug-likeness (QED) is 0.0434. The number of ketones is 5. The van der Waals surface area contributed by atoms with E-state index in [0.717, 1.165) is 16.8 Å². The van der Waals surface area contributed by atoms with Crippen LogP contribution < -0.4 is 22.1 Å². The third-order valence-electron chi connectivity index (χ3n) is 10.00. The van der Waals surface area contributed by atoms with Crippen LogP contribution in [0.15, 0.2) is 72.9 Å². The normalized spacial score (nSPS) is 14.3. The molecule has 0 aliphatic rings. The topological polar surface area (TPSA) is 229 Å². The van der Waals surface area contributed by atoms with Crippen LogP contribution >= 0.6 is 11.6 Å². The molecule has 0 aliphatic carbocycles. The lowest BCUT2D eigenvalue weighted by atomic mass is 9.90. The second-order valence-electron chi connectivity index (χ2n) is 14.8. The van der Waals surface area contributed by atoms with Crippen molar-refractivity contribution in [3.8, 4) is 11.1 Å². The fourth-order valence-electron chi connectivity index (χ4n) is 6.41. The highest BCUT2D eigenvalue weighted by Crippen LogP contribution is 2.23. The van der Waals surface area contributed by atoms with E-state index in [1.807, 2.05) is 24.3 Å². The minimum absolute atomic E-state index is 0.0237. The van der Waals surface area contributed by atoms with Crippen molar-refractivity contribution in [2.24, 2.45) is 29.2 Å². The fraction of sp³-hybridized carbons (Fsp3) is 0.455. The summed E-state index contributed by atoms with van der Waals surface area (Å²) in [6.07, 6.45) is 1.73. The summed E-state index contributed by atoms with van der Waals surface area (Å²) in [6.45, 7) is 4.46. The van der Waals surface area contributed by atoms with Gasteiger partial charge in [0.15, 0.2) is 23.1 Å². The molecule has 0 radical (unpaired) electrons. The zero-order valence-electron chi connectivity index (χ0n) is 33.5. The van der Waals surface area contributed by atoms with E-state index in [1.165, 1.54) is 20.8 Å². The highest BCUT2D eigenvalue weighted by atomic mass is 35.5. The van der Waals surface area contributed by atoms with E-state index in [-0.39, 0.29) is 44.4 Å². The molecule has 58 heavy (non-hydrogen) atoms. The first kappa shape index (κ1) is 47.4. The number of aryl methyl sites for hydroxylation is 1. The molecule has 13 nitrogen and oxygen atoms in total. The number of aromatic nitrogens is 1. The third kappa shape index (κ3) is 15.1. The number of pyridine rings is 1. The van der Waals surface area contributed by atoms with Crippen molar-refractivity contribution in [2.75, 3.05) is 13.1 Å². The van der Waals surface area contributed by atoms with Gasteiger partial charge < -0.3 is 27.2 Å². The maximum Gasteiger partial charge on any atom is 0.225 e. The number of aliphatic hydroxyl groups is 1. The summed E-state index contributed by atoms with van der Waals surface area (Å²) < 4.78 is 0. The number of carbonyl (C=O) groups excluding carboxylic acids is 7. The number of carbonyl (C=O) groups is 7. The number of rotatable bonds is 26. The maximum absolute atomic E-state index is 13.4. The first-order valence-electron chi connectivity index (χ1n) is 19.8. The molecule has 312 valence electrons. The van der Waals surface area contributed by atoms with E-state index in [9.17, 15) is 38.7 Å². The summed E-state index contributed by atoms with van der Waals surface area (Å²) >= 11 is 5.98. The van der Waals surface area contributed by atoms with Crippen LogP contribution in [-0.4, -0.2) is 82.1 Å². The molecule has 0 saturated heterocycles.